The molecule has 2 fully saturated rings. The molecule has 1 aromatic heterocycles. The van der Waals surface area contributed by atoms with Crippen molar-refractivity contribution in [1.82, 2.24) is 9.88 Å². The molecule has 2 heterocycles. The SMILES string of the molecule is CC(C)(C)OC(=O)c1cc(C2CC2)c(CN2CCC(Oc3ncc(Br)cc3Cl)CC2)cc1F. The van der Waals surface area contributed by atoms with Crippen molar-refractivity contribution < 1.29 is 18.7 Å². The molecular formula is C25H29BrClFN2O3. The van der Waals surface area contributed by atoms with Crippen molar-refractivity contribution in [2.45, 2.75) is 70.6 Å². The summed E-state index contributed by atoms with van der Waals surface area (Å²) in [7, 11) is 0. The average molecular weight is 540 g/mol. The van der Waals surface area contributed by atoms with Gasteiger partial charge in [0.05, 0.1) is 5.56 Å². The summed E-state index contributed by atoms with van der Waals surface area (Å²) >= 11 is 9.58. The maximum absolute atomic E-state index is 14.9. The van der Waals surface area contributed by atoms with E-state index in [1.54, 1.807) is 39.1 Å². The number of aromatic nitrogens is 1. The van der Waals surface area contributed by atoms with E-state index in [2.05, 4.69) is 25.8 Å². The van der Waals surface area contributed by atoms with Crippen LogP contribution in [0.1, 0.15) is 73.9 Å². The van der Waals surface area contributed by atoms with Crippen molar-refractivity contribution in [3.63, 3.8) is 0 Å². The lowest BCUT2D eigenvalue weighted by atomic mass is 9.97. The Bertz CT molecular complexity index is 1030. The molecule has 0 spiro atoms. The van der Waals surface area contributed by atoms with Crippen molar-refractivity contribution in [2.24, 2.45) is 0 Å². The lowest BCUT2D eigenvalue weighted by Crippen LogP contribution is -2.38. The van der Waals surface area contributed by atoms with E-state index < -0.39 is 17.4 Å². The second-order valence-corrected chi connectivity index (χ2v) is 11.2. The fraction of sp³-hybridized carbons (Fsp3) is 0.520. The molecule has 0 radical (unpaired) electrons. The molecule has 0 N–H and O–H groups in total. The molecule has 1 saturated heterocycles. The highest BCUT2D eigenvalue weighted by atomic mass is 79.9. The van der Waals surface area contributed by atoms with E-state index in [-0.39, 0.29) is 11.7 Å². The minimum atomic E-state index is -0.662. The Morgan fingerprint density at radius 1 is 1.21 bits per heavy atom. The second-order valence-electron chi connectivity index (χ2n) is 9.84. The number of pyridine rings is 1. The Kier molecular flexibility index (Phi) is 7.32. The van der Waals surface area contributed by atoms with Gasteiger partial charge < -0.3 is 9.47 Å². The van der Waals surface area contributed by atoms with Gasteiger partial charge in [-0.1, -0.05) is 11.6 Å². The molecule has 178 valence electrons. The first-order valence-corrected chi connectivity index (χ1v) is 12.5. The molecule has 5 nitrogen and oxygen atoms in total. The van der Waals surface area contributed by atoms with Gasteiger partial charge in [0.2, 0.25) is 5.88 Å². The maximum atomic E-state index is 14.9. The predicted octanol–water partition coefficient (Wildman–Crippen LogP) is 6.51. The predicted molar refractivity (Wildman–Crippen MR) is 129 cm³/mol. The molecule has 1 saturated carbocycles. The van der Waals surface area contributed by atoms with Crippen molar-refractivity contribution in [3.8, 4) is 5.88 Å². The molecule has 33 heavy (non-hydrogen) atoms. The number of hydrogen-bond acceptors (Lipinski definition) is 5. The molecular weight excluding hydrogens is 511 g/mol. The van der Waals surface area contributed by atoms with Gasteiger partial charge in [-0.05, 0) is 97.6 Å². The maximum Gasteiger partial charge on any atom is 0.341 e. The third kappa shape index (κ3) is 6.46. The number of carbonyl (C=O) groups excluding carboxylic acids is 1. The Morgan fingerprint density at radius 2 is 1.91 bits per heavy atom. The first-order chi connectivity index (χ1) is 15.6. The van der Waals surface area contributed by atoms with Crippen LogP contribution >= 0.6 is 27.5 Å². The first-order valence-electron chi connectivity index (χ1n) is 11.3. The lowest BCUT2D eigenvalue weighted by Gasteiger charge is -2.32. The second kappa shape index (κ2) is 9.88. The zero-order chi connectivity index (χ0) is 23.8. The summed E-state index contributed by atoms with van der Waals surface area (Å²) in [4.78, 5) is 19.1. The molecule has 1 aliphatic carbocycles. The van der Waals surface area contributed by atoms with E-state index in [0.717, 1.165) is 54.4 Å². The molecule has 1 aromatic carbocycles. The molecule has 2 aromatic rings. The number of benzene rings is 1. The fourth-order valence-electron chi connectivity index (χ4n) is 4.10. The van der Waals surface area contributed by atoms with E-state index in [1.165, 1.54) is 6.07 Å². The monoisotopic (exact) mass is 538 g/mol. The molecule has 2 aliphatic rings. The number of halogens is 3. The van der Waals surface area contributed by atoms with Gasteiger partial charge in [0.15, 0.2) is 0 Å². The largest absolute Gasteiger partial charge is 0.473 e. The van der Waals surface area contributed by atoms with Gasteiger partial charge >= 0.3 is 5.97 Å². The van der Waals surface area contributed by atoms with Gasteiger partial charge in [0.25, 0.3) is 0 Å². The van der Waals surface area contributed by atoms with Crippen LogP contribution in [-0.4, -0.2) is 40.6 Å². The summed E-state index contributed by atoms with van der Waals surface area (Å²) in [5.41, 5.74) is 1.40. The highest BCUT2D eigenvalue weighted by molar-refractivity contribution is 9.10. The summed E-state index contributed by atoms with van der Waals surface area (Å²) < 4.78 is 27.1. The van der Waals surface area contributed by atoms with E-state index >= 15 is 0 Å². The third-order valence-electron chi connectivity index (χ3n) is 5.85. The number of likely N-dealkylation sites (tertiary alicyclic amines) is 1. The van der Waals surface area contributed by atoms with E-state index in [0.29, 0.717) is 23.4 Å². The standard InChI is InChI=1S/C25H29BrClFN2O3/c1-25(2,3)33-24(31)20-12-19(15-4-5-15)16(10-22(20)28)14-30-8-6-18(7-9-30)32-23-21(27)11-17(26)13-29-23/h10-13,15,18H,4-9,14H2,1-3H3. The molecule has 0 amide bonds. The van der Waals surface area contributed by atoms with Gasteiger partial charge in [-0.15, -0.1) is 0 Å². The summed E-state index contributed by atoms with van der Waals surface area (Å²) in [5.74, 6) is -0.271. The highest BCUT2D eigenvalue weighted by Gasteiger charge is 2.31. The molecule has 1 aliphatic heterocycles. The number of piperidine rings is 1. The average Bonchev–Trinajstić information content (AvgIpc) is 3.55. The third-order valence-corrected chi connectivity index (χ3v) is 6.55. The molecule has 0 bridgehead atoms. The minimum Gasteiger partial charge on any atom is -0.473 e. The van der Waals surface area contributed by atoms with E-state index in [9.17, 15) is 9.18 Å². The van der Waals surface area contributed by atoms with Crippen molar-refractivity contribution in [1.29, 1.82) is 0 Å². The quantitative estimate of drug-likeness (QED) is 0.392. The summed E-state index contributed by atoms with van der Waals surface area (Å²) in [6.07, 6.45) is 5.54. The van der Waals surface area contributed by atoms with Gasteiger partial charge in [0, 0.05) is 30.3 Å². The lowest BCUT2D eigenvalue weighted by molar-refractivity contribution is 0.00644. The van der Waals surface area contributed by atoms with Gasteiger partial charge in [0.1, 0.15) is 22.5 Å². The molecule has 4 rings (SSSR count). The Balaban J connectivity index is 1.41. The molecule has 8 heteroatoms. The number of esters is 1. The number of hydrogen-bond donors (Lipinski definition) is 0. The summed E-state index contributed by atoms with van der Waals surface area (Å²) in [6.45, 7) is 7.67. The van der Waals surface area contributed by atoms with Crippen LogP contribution in [0.3, 0.4) is 0 Å². The summed E-state index contributed by atoms with van der Waals surface area (Å²) in [6, 6.07) is 5.02. The zero-order valence-corrected chi connectivity index (χ0v) is 21.5. The smallest absolute Gasteiger partial charge is 0.341 e. The van der Waals surface area contributed by atoms with E-state index in [1.807, 2.05) is 0 Å². The molecule has 0 unspecified atom stereocenters. The van der Waals surface area contributed by atoms with Crippen LogP contribution in [0.25, 0.3) is 0 Å². The Labute approximate surface area is 207 Å². The normalized spacial score (nSPS) is 17.8. The first kappa shape index (κ1) is 24.4. The fourth-order valence-corrected chi connectivity index (χ4v) is 4.78. The summed E-state index contributed by atoms with van der Waals surface area (Å²) in [5, 5.41) is 0.487. The minimum absolute atomic E-state index is 0.0292. The molecule has 0 atom stereocenters. The van der Waals surface area contributed by atoms with E-state index in [4.69, 9.17) is 21.1 Å². The Morgan fingerprint density at radius 3 is 2.52 bits per heavy atom. The topological polar surface area (TPSA) is 51.7 Å². The number of ether oxygens (including phenoxy) is 2. The van der Waals surface area contributed by atoms with Crippen molar-refractivity contribution in [2.75, 3.05) is 13.1 Å². The van der Waals surface area contributed by atoms with Crippen LogP contribution in [0.4, 0.5) is 4.39 Å². The van der Waals surface area contributed by atoms with Gasteiger partial charge in [-0.25, -0.2) is 14.2 Å². The van der Waals surface area contributed by atoms with Crippen LogP contribution in [-0.2, 0) is 11.3 Å². The zero-order valence-electron chi connectivity index (χ0n) is 19.2. The number of rotatable bonds is 6. The van der Waals surface area contributed by atoms with Crippen LogP contribution in [0.2, 0.25) is 5.02 Å². The van der Waals surface area contributed by atoms with Crippen molar-refractivity contribution in [3.05, 3.63) is 56.4 Å². The number of nitrogens with zero attached hydrogens (tertiary/aromatic N) is 2. The van der Waals surface area contributed by atoms with Crippen LogP contribution in [0, 0.1) is 5.82 Å². The number of carbonyl (C=O) groups is 1. The van der Waals surface area contributed by atoms with Crippen LogP contribution in [0.15, 0.2) is 28.9 Å². The van der Waals surface area contributed by atoms with Crippen LogP contribution in [0.5, 0.6) is 5.88 Å². The van der Waals surface area contributed by atoms with Crippen molar-refractivity contribution >= 4 is 33.5 Å². The van der Waals surface area contributed by atoms with Crippen LogP contribution < -0.4 is 4.74 Å². The Hall–Kier alpha value is -1.70. The van der Waals surface area contributed by atoms with Gasteiger partial charge in [-0.2, -0.15) is 0 Å². The van der Waals surface area contributed by atoms with Gasteiger partial charge in [-0.3, -0.25) is 4.90 Å². The highest BCUT2D eigenvalue weighted by Crippen LogP contribution is 2.43.